The summed E-state index contributed by atoms with van der Waals surface area (Å²) in [5.74, 6) is -0.217. The lowest BCUT2D eigenvalue weighted by Crippen LogP contribution is -2.14. The molecule has 0 aliphatic carbocycles. The average molecular weight is 448 g/mol. The summed E-state index contributed by atoms with van der Waals surface area (Å²) in [4.78, 5) is 12.6. The fraction of sp³-hybridized carbons (Fsp3) is 0.0435. The van der Waals surface area contributed by atoms with Crippen molar-refractivity contribution in [2.24, 2.45) is 0 Å². The number of halogens is 2. The first-order valence-electron chi connectivity index (χ1n) is 9.64. The van der Waals surface area contributed by atoms with Gasteiger partial charge < -0.3 is 9.84 Å². The number of hydrogen-bond acceptors (Lipinski definition) is 5. The van der Waals surface area contributed by atoms with E-state index >= 15 is 0 Å². The smallest absolute Gasteiger partial charge is 0.278 e. The van der Waals surface area contributed by atoms with Crippen LogP contribution in [0.5, 0.6) is 0 Å². The zero-order valence-corrected chi connectivity index (χ0v) is 17.5. The van der Waals surface area contributed by atoms with E-state index in [1.165, 1.54) is 24.3 Å². The van der Waals surface area contributed by atoms with Gasteiger partial charge in [0.25, 0.3) is 5.91 Å². The van der Waals surface area contributed by atoms with Crippen LogP contribution in [-0.4, -0.2) is 26.1 Å². The highest BCUT2D eigenvalue weighted by Gasteiger charge is 2.19. The maximum absolute atomic E-state index is 13.1. The summed E-state index contributed by atoms with van der Waals surface area (Å²) in [7, 11) is 0. The Hall–Kier alpha value is -4.04. The second-order valence-electron chi connectivity index (χ2n) is 7.12. The third-order valence-corrected chi connectivity index (χ3v) is 5.27. The van der Waals surface area contributed by atoms with Crippen LogP contribution in [0.15, 0.2) is 71.3 Å². The number of carbonyl (C=O) groups excluding carboxylic acids is 1. The van der Waals surface area contributed by atoms with Gasteiger partial charge in [-0.15, -0.1) is 5.10 Å². The van der Waals surface area contributed by atoms with Crippen molar-refractivity contribution in [3.63, 3.8) is 0 Å². The molecule has 0 saturated carbocycles. The van der Waals surface area contributed by atoms with Gasteiger partial charge >= 0.3 is 0 Å². The Morgan fingerprint density at radius 2 is 1.81 bits per heavy atom. The molecule has 158 valence electrons. The highest BCUT2D eigenvalue weighted by atomic mass is 35.5. The Kier molecular flexibility index (Phi) is 4.91. The van der Waals surface area contributed by atoms with E-state index < -0.39 is 5.91 Å². The molecule has 32 heavy (non-hydrogen) atoms. The molecule has 0 fully saturated rings. The van der Waals surface area contributed by atoms with E-state index in [-0.39, 0.29) is 11.5 Å². The lowest BCUT2D eigenvalue weighted by molar-refractivity contribution is 0.102. The lowest BCUT2D eigenvalue weighted by Gasteiger charge is -2.05. The molecule has 5 aromatic rings. The van der Waals surface area contributed by atoms with Crippen LogP contribution in [-0.2, 0) is 0 Å². The molecule has 0 aliphatic heterocycles. The topological polar surface area (TPSA) is 85.8 Å². The van der Waals surface area contributed by atoms with Crippen molar-refractivity contribution in [3.05, 3.63) is 89.0 Å². The molecule has 0 unspecified atom stereocenters. The van der Waals surface area contributed by atoms with Crippen molar-refractivity contribution < 1.29 is 13.7 Å². The van der Waals surface area contributed by atoms with Gasteiger partial charge in [0, 0.05) is 16.3 Å². The number of amides is 1. The number of anilines is 1. The first-order valence-corrected chi connectivity index (χ1v) is 10.0. The van der Waals surface area contributed by atoms with Crippen LogP contribution < -0.4 is 5.32 Å². The van der Waals surface area contributed by atoms with Gasteiger partial charge in [0.15, 0.2) is 11.5 Å². The summed E-state index contributed by atoms with van der Waals surface area (Å²) < 4.78 is 20.2. The summed E-state index contributed by atoms with van der Waals surface area (Å²) in [5, 5.41) is 16.4. The number of carbonyl (C=O) groups is 1. The number of fused-ring (bicyclic) bond motifs is 1. The fourth-order valence-corrected chi connectivity index (χ4v) is 3.50. The normalized spacial score (nSPS) is 11.1. The molecule has 3 aromatic carbocycles. The number of aromatic nitrogens is 4. The van der Waals surface area contributed by atoms with Crippen LogP contribution in [0.1, 0.15) is 16.2 Å². The Labute approximate surface area is 186 Å². The standard InChI is InChI=1S/C23H15ClFN5O2/c1-13-21(23(31)26-17-8-6-16(25)7-9-17)27-29-30(13)18-10-11-20-19(12-18)22(32-28-20)14-2-4-15(24)5-3-14/h2-12H,1H3,(H,26,31). The van der Waals surface area contributed by atoms with Crippen LogP contribution >= 0.6 is 11.6 Å². The maximum Gasteiger partial charge on any atom is 0.278 e. The SMILES string of the molecule is Cc1c(C(=O)Nc2ccc(F)cc2)nnn1-c1ccc2noc(-c3ccc(Cl)cc3)c2c1. The second kappa shape index (κ2) is 7.90. The molecular formula is C23H15ClFN5O2. The van der Waals surface area contributed by atoms with Crippen LogP contribution in [0.3, 0.4) is 0 Å². The molecule has 0 spiro atoms. The zero-order chi connectivity index (χ0) is 22.2. The minimum absolute atomic E-state index is 0.165. The van der Waals surface area contributed by atoms with E-state index in [1.54, 1.807) is 23.7 Å². The minimum Gasteiger partial charge on any atom is -0.355 e. The molecule has 2 heterocycles. The molecule has 0 atom stereocenters. The predicted octanol–water partition coefficient (Wildman–Crippen LogP) is 5.43. The van der Waals surface area contributed by atoms with Gasteiger partial charge in [0.05, 0.1) is 16.8 Å². The minimum atomic E-state index is -0.437. The Morgan fingerprint density at radius 1 is 1.06 bits per heavy atom. The number of nitrogens with zero attached hydrogens (tertiary/aromatic N) is 4. The molecule has 0 bridgehead atoms. The van der Waals surface area contributed by atoms with Gasteiger partial charge in [-0.2, -0.15) is 0 Å². The molecule has 1 amide bonds. The van der Waals surface area contributed by atoms with Gasteiger partial charge in [0.1, 0.15) is 11.3 Å². The van der Waals surface area contributed by atoms with E-state index in [2.05, 4.69) is 20.8 Å². The highest BCUT2D eigenvalue weighted by molar-refractivity contribution is 6.30. The Morgan fingerprint density at radius 3 is 2.56 bits per heavy atom. The Bertz CT molecular complexity index is 1440. The quantitative estimate of drug-likeness (QED) is 0.397. The lowest BCUT2D eigenvalue weighted by atomic mass is 10.1. The van der Waals surface area contributed by atoms with E-state index in [4.69, 9.17) is 16.1 Å². The van der Waals surface area contributed by atoms with Gasteiger partial charge in [-0.05, 0) is 73.7 Å². The Balaban J connectivity index is 1.48. The highest BCUT2D eigenvalue weighted by Crippen LogP contribution is 2.31. The summed E-state index contributed by atoms with van der Waals surface area (Å²) >= 11 is 5.99. The summed E-state index contributed by atoms with van der Waals surface area (Å²) in [6.45, 7) is 1.75. The summed E-state index contributed by atoms with van der Waals surface area (Å²) in [6, 6.07) is 18.3. The molecule has 5 rings (SSSR count). The van der Waals surface area contributed by atoms with Gasteiger partial charge in [-0.3, -0.25) is 4.79 Å². The molecule has 0 radical (unpaired) electrons. The second-order valence-corrected chi connectivity index (χ2v) is 7.55. The molecule has 0 aliphatic rings. The largest absolute Gasteiger partial charge is 0.355 e. The van der Waals surface area contributed by atoms with Crippen molar-refractivity contribution in [3.8, 4) is 17.0 Å². The van der Waals surface area contributed by atoms with Gasteiger partial charge in [0.2, 0.25) is 0 Å². The molecule has 9 heteroatoms. The monoisotopic (exact) mass is 447 g/mol. The molecule has 0 saturated heterocycles. The summed E-state index contributed by atoms with van der Waals surface area (Å²) in [6.07, 6.45) is 0. The molecule has 2 aromatic heterocycles. The first-order chi connectivity index (χ1) is 15.5. The molecule has 1 N–H and O–H groups in total. The van der Waals surface area contributed by atoms with Crippen LogP contribution in [0, 0.1) is 12.7 Å². The average Bonchev–Trinajstić information content (AvgIpc) is 3.39. The molecule has 7 nitrogen and oxygen atoms in total. The van der Waals surface area contributed by atoms with Crippen molar-refractivity contribution in [1.82, 2.24) is 20.2 Å². The van der Waals surface area contributed by atoms with E-state index in [0.717, 1.165) is 10.9 Å². The van der Waals surface area contributed by atoms with Gasteiger partial charge in [-0.25, -0.2) is 9.07 Å². The van der Waals surface area contributed by atoms with Crippen LogP contribution in [0.4, 0.5) is 10.1 Å². The fourth-order valence-electron chi connectivity index (χ4n) is 3.38. The number of hydrogen-bond donors (Lipinski definition) is 1. The number of rotatable bonds is 4. The number of benzene rings is 3. The first kappa shape index (κ1) is 19.9. The zero-order valence-electron chi connectivity index (χ0n) is 16.7. The van der Waals surface area contributed by atoms with Gasteiger partial charge in [-0.1, -0.05) is 22.0 Å². The van der Waals surface area contributed by atoms with Crippen molar-refractivity contribution >= 4 is 34.1 Å². The number of nitrogens with one attached hydrogen (secondary N) is 1. The van der Waals surface area contributed by atoms with Crippen LogP contribution in [0.25, 0.3) is 27.9 Å². The van der Waals surface area contributed by atoms with E-state index in [9.17, 15) is 9.18 Å². The van der Waals surface area contributed by atoms with E-state index in [1.807, 2.05) is 30.3 Å². The summed E-state index contributed by atoms with van der Waals surface area (Å²) in [5.41, 5.74) is 3.39. The third-order valence-electron chi connectivity index (χ3n) is 5.02. The third kappa shape index (κ3) is 3.61. The van der Waals surface area contributed by atoms with Crippen molar-refractivity contribution in [2.45, 2.75) is 6.92 Å². The maximum atomic E-state index is 13.1. The van der Waals surface area contributed by atoms with Crippen molar-refractivity contribution in [1.29, 1.82) is 0 Å². The predicted molar refractivity (Wildman–Crippen MR) is 118 cm³/mol. The molecular weight excluding hydrogens is 433 g/mol. The van der Waals surface area contributed by atoms with Crippen LogP contribution in [0.2, 0.25) is 5.02 Å². The van der Waals surface area contributed by atoms with Crippen molar-refractivity contribution in [2.75, 3.05) is 5.32 Å². The van der Waals surface area contributed by atoms with E-state index in [0.29, 0.717) is 33.4 Å².